The van der Waals surface area contributed by atoms with Crippen LogP contribution in [-0.2, 0) is 9.47 Å². The van der Waals surface area contributed by atoms with Gasteiger partial charge in [0, 0.05) is 13.2 Å². The molecule has 0 radical (unpaired) electrons. The van der Waals surface area contributed by atoms with Crippen LogP contribution in [0.15, 0.2) is 6.07 Å². The summed E-state index contributed by atoms with van der Waals surface area (Å²) in [5.41, 5.74) is 0.161. The summed E-state index contributed by atoms with van der Waals surface area (Å²) in [4.78, 5) is 11.9. The second kappa shape index (κ2) is 8.27. The number of halogens is 2. The number of rotatable bonds is 7. The number of carbonyl (C=O) groups excluding carboxylic acids is 1. The van der Waals surface area contributed by atoms with E-state index in [4.69, 9.17) is 32.7 Å². The van der Waals surface area contributed by atoms with Gasteiger partial charge >= 0.3 is 0 Å². The Labute approximate surface area is 121 Å². The minimum Gasteiger partial charge on any atom is -0.351 e. The SMILES string of the molecule is CCOC(CNC(=O)c1cc(Cl)nnc1Cl)OCC. The normalized spacial score (nSPS) is 10.8. The molecule has 0 spiro atoms. The first-order chi connectivity index (χ1) is 9.08. The largest absolute Gasteiger partial charge is 0.351 e. The standard InChI is InChI=1S/C11H15Cl2N3O3/c1-3-18-9(19-4-2)6-14-11(17)7-5-8(12)15-16-10(7)13/h5,9H,3-4,6H2,1-2H3,(H,14,17). The monoisotopic (exact) mass is 307 g/mol. The third kappa shape index (κ3) is 5.28. The van der Waals surface area contributed by atoms with E-state index in [0.29, 0.717) is 13.2 Å². The Morgan fingerprint density at radius 1 is 1.32 bits per heavy atom. The van der Waals surface area contributed by atoms with Crippen LogP contribution in [0.4, 0.5) is 0 Å². The zero-order valence-electron chi connectivity index (χ0n) is 10.7. The molecular weight excluding hydrogens is 293 g/mol. The van der Waals surface area contributed by atoms with Crippen molar-refractivity contribution in [3.63, 3.8) is 0 Å². The van der Waals surface area contributed by atoms with Gasteiger partial charge in [-0.3, -0.25) is 4.79 Å². The van der Waals surface area contributed by atoms with Crippen LogP contribution in [0.3, 0.4) is 0 Å². The van der Waals surface area contributed by atoms with Crippen LogP contribution in [0.25, 0.3) is 0 Å². The zero-order valence-corrected chi connectivity index (χ0v) is 12.2. The van der Waals surface area contributed by atoms with E-state index in [2.05, 4.69) is 15.5 Å². The van der Waals surface area contributed by atoms with Gasteiger partial charge in [0.2, 0.25) is 0 Å². The van der Waals surface area contributed by atoms with Crippen molar-refractivity contribution in [2.24, 2.45) is 0 Å². The molecule has 19 heavy (non-hydrogen) atoms. The molecule has 106 valence electrons. The summed E-state index contributed by atoms with van der Waals surface area (Å²) >= 11 is 11.4. The summed E-state index contributed by atoms with van der Waals surface area (Å²) in [5.74, 6) is -0.411. The van der Waals surface area contributed by atoms with Crippen molar-refractivity contribution in [2.45, 2.75) is 20.1 Å². The lowest BCUT2D eigenvalue weighted by Gasteiger charge is -2.17. The van der Waals surface area contributed by atoms with Crippen LogP contribution in [0.1, 0.15) is 24.2 Å². The van der Waals surface area contributed by atoms with Crippen molar-refractivity contribution in [1.82, 2.24) is 15.5 Å². The third-order valence-corrected chi connectivity index (χ3v) is 2.56. The Bertz CT molecular complexity index is 426. The van der Waals surface area contributed by atoms with Crippen LogP contribution in [0, 0.1) is 0 Å². The zero-order chi connectivity index (χ0) is 14.3. The summed E-state index contributed by atoms with van der Waals surface area (Å²) in [6.07, 6.45) is -0.497. The molecule has 0 atom stereocenters. The molecular formula is C11H15Cl2N3O3. The summed E-state index contributed by atoms with van der Waals surface area (Å²) in [5, 5.41) is 9.82. The fraction of sp³-hybridized carbons (Fsp3) is 0.545. The van der Waals surface area contributed by atoms with Gasteiger partial charge in [0.1, 0.15) is 0 Å². The van der Waals surface area contributed by atoms with Gasteiger partial charge in [-0.2, -0.15) is 0 Å². The number of hydrogen-bond donors (Lipinski definition) is 1. The second-order valence-electron chi connectivity index (χ2n) is 3.42. The van der Waals surface area contributed by atoms with Gasteiger partial charge in [0.25, 0.3) is 5.91 Å². The molecule has 0 aliphatic heterocycles. The van der Waals surface area contributed by atoms with Crippen molar-refractivity contribution >= 4 is 29.1 Å². The van der Waals surface area contributed by atoms with Gasteiger partial charge in [0.15, 0.2) is 16.6 Å². The fourth-order valence-corrected chi connectivity index (χ4v) is 1.65. The highest BCUT2D eigenvalue weighted by Gasteiger charge is 2.15. The molecule has 0 unspecified atom stereocenters. The highest BCUT2D eigenvalue weighted by molar-refractivity contribution is 6.34. The van der Waals surface area contributed by atoms with Gasteiger partial charge in [-0.05, 0) is 19.9 Å². The molecule has 1 heterocycles. The molecule has 1 N–H and O–H groups in total. The quantitative estimate of drug-likeness (QED) is 0.779. The summed E-state index contributed by atoms with van der Waals surface area (Å²) in [6.45, 7) is 4.87. The van der Waals surface area contributed by atoms with Crippen molar-refractivity contribution in [1.29, 1.82) is 0 Å². The Kier molecular flexibility index (Phi) is 7.01. The topological polar surface area (TPSA) is 73.3 Å². The van der Waals surface area contributed by atoms with E-state index >= 15 is 0 Å². The van der Waals surface area contributed by atoms with Crippen LogP contribution in [0.5, 0.6) is 0 Å². The van der Waals surface area contributed by atoms with Crippen molar-refractivity contribution < 1.29 is 14.3 Å². The number of carbonyl (C=O) groups is 1. The lowest BCUT2D eigenvalue weighted by molar-refractivity contribution is -0.131. The van der Waals surface area contributed by atoms with E-state index in [0.717, 1.165) is 0 Å². The highest BCUT2D eigenvalue weighted by atomic mass is 35.5. The van der Waals surface area contributed by atoms with E-state index in [-0.39, 0.29) is 22.4 Å². The van der Waals surface area contributed by atoms with Gasteiger partial charge in [-0.15, -0.1) is 10.2 Å². The summed E-state index contributed by atoms with van der Waals surface area (Å²) < 4.78 is 10.6. The molecule has 0 saturated carbocycles. The number of ether oxygens (including phenoxy) is 2. The van der Waals surface area contributed by atoms with E-state index < -0.39 is 12.2 Å². The molecule has 0 aliphatic rings. The fourth-order valence-electron chi connectivity index (χ4n) is 1.32. The van der Waals surface area contributed by atoms with Gasteiger partial charge in [0.05, 0.1) is 12.1 Å². The minimum atomic E-state index is -0.497. The van der Waals surface area contributed by atoms with E-state index in [1.54, 1.807) is 0 Å². The first-order valence-electron chi connectivity index (χ1n) is 5.78. The molecule has 0 aliphatic carbocycles. The average molecular weight is 308 g/mol. The van der Waals surface area contributed by atoms with Gasteiger partial charge in [-0.25, -0.2) is 0 Å². The number of amides is 1. The van der Waals surface area contributed by atoms with E-state index in [1.807, 2.05) is 13.8 Å². The smallest absolute Gasteiger partial charge is 0.254 e. The highest BCUT2D eigenvalue weighted by Crippen LogP contribution is 2.15. The first-order valence-corrected chi connectivity index (χ1v) is 6.54. The number of nitrogens with zero attached hydrogens (tertiary/aromatic N) is 2. The summed E-state index contributed by atoms with van der Waals surface area (Å²) in [6, 6.07) is 1.35. The molecule has 0 aromatic carbocycles. The predicted molar refractivity (Wildman–Crippen MR) is 71.4 cm³/mol. The van der Waals surface area contributed by atoms with E-state index in [1.165, 1.54) is 6.07 Å². The molecule has 0 saturated heterocycles. The molecule has 0 fully saturated rings. The maximum Gasteiger partial charge on any atom is 0.254 e. The van der Waals surface area contributed by atoms with Gasteiger partial charge in [-0.1, -0.05) is 23.2 Å². The second-order valence-corrected chi connectivity index (χ2v) is 4.17. The van der Waals surface area contributed by atoms with Crippen molar-refractivity contribution in [2.75, 3.05) is 19.8 Å². The van der Waals surface area contributed by atoms with E-state index in [9.17, 15) is 4.79 Å². The number of nitrogens with one attached hydrogen (secondary N) is 1. The van der Waals surface area contributed by atoms with Gasteiger partial charge < -0.3 is 14.8 Å². The molecule has 1 amide bonds. The Hall–Kier alpha value is -0.950. The first kappa shape index (κ1) is 16.1. The number of hydrogen-bond acceptors (Lipinski definition) is 5. The minimum absolute atomic E-state index is 0.00808. The molecule has 6 nitrogen and oxygen atoms in total. The van der Waals surface area contributed by atoms with Crippen LogP contribution in [-0.4, -0.2) is 42.2 Å². The maximum absolute atomic E-state index is 11.9. The van der Waals surface area contributed by atoms with Crippen LogP contribution < -0.4 is 5.32 Å². The number of aromatic nitrogens is 2. The average Bonchev–Trinajstić information content (AvgIpc) is 2.39. The molecule has 1 rings (SSSR count). The Morgan fingerprint density at radius 2 is 1.95 bits per heavy atom. The molecule has 0 bridgehead atoms. The third-order valence-electron chi connectivity index (χ3n) is 2.10. The molecule has 1 aromatic rings. The van der Waals surface area contributed by atoms with Crippen LogP contribution >= 0.6 is 23.2 Å². The van der Waals surface area contributed by atoms with Crippen molar-refractivity contribution in [3.05, 3.63) is 21.9 Å². The lowest BCUT2D eigenvalue weighted by Crippen LogP contribution is -2.35. The van der Waals surface area contributed by atoms with Crippen LogP contribution in [0.2, 0.25) is 10.3 Å². The molecule has 1 aromatic heterocycles. The summed E-state index contributed by atoms with van der Waals surface area (Å²) in [7, 11) is 0. The van der Waals surface area contributed by atoms with Crippen molar-refractivity contribution in [3.8, 4) is 0 Å². The maximum atomic E-state index is 11.9. The molecule has 8 heteroatoms. The lowest BCUT2D eigenvalue weighted by atomic mass is 10.3. The predicted octanol–water partition coefficient (Wildman–Crippen LogP) is 1.91. The Balaban J connectivity index is 2.61. The Morgan fingerprint density at radius 3 is 2.53 bits per heavy atom.